The van der Waals surface area contributed by atoms with Crippen molar-refractivity contribution in [2.24, 2.45) is 0 Å². The van der Waals surface area contributed by atoms with Crippen molar-refractivity contribution in [3.8, 4) is 0 Å². The third-order valence-electron chi connectivity index (χ3n) is 3.95. The summed E-state index contributed by atoms with van der Waals surface area (Å²) in [4.78, 5) is 4.31. The monoisotopic (exact) mass is 354 g/mol. The average molecular weight is 354 g/mol. The van der Waals surface area contributed by atoms with Crippen LogP contribution in [0.5, 0.6) is 0 Å². The summed E-state index contributed by atoms with van der Waals surface area (Å²) in [5, 5.41) is 10.1. The zero-order valence-electron chi connectivity index (χ0n) is 14.5. The van der Waals surface area contributed by atoms with Gasteiger partial charge < -0.3 is 27.7 Å². The van der Waals surface area contributed by atoms with Crippen LogP contribution in [0.3, 0.4) is 0 Å². The second-order valence-corrected chi connectivity index (χ2v) is 8.60. The number of hydrogen-bond acceptors (Lipinski definition) is 6. The predicted octanol–water partition coefficient (Wildman–Crippen LogP) is 1.68. The van der Waals surface area contributed by atoms with Gasteiger partial charge in [0.05, 0.1) is 36.6 Å². The molecule has 134 valence electrons. The minimum atomic E-state index is -2.53. The van der Waals surface area contributed by atoms with E-state index in [1.165, 1.54) is 0 Å². The molecule has 0 fully saturated rings. The van der Waals surface area contributed by atoms with Crippen LogP contribution in [-0.2, 0) is 24.6 Å². The van der Waals surface area contributed by atoms with E-state index in [-0.39, 0.29) is 6.61 Å². The molecule has 0 aliphatic carbocycles. The first-order chi connectivity index (χ1) is 11.6. The summed E-state index contributed by atoms with van der Waals surface area (Å²) in [6.45, 7) is 1.24. The summed E-state index contributed by atoms with van der Waals surface area (Å²) in [6.07, 6.45) is 1.91. The second kappa shape index (κ2) is 9.26. The highest BCUT2D eigenvalue weighted by atomic mass is 28.4. The van der Waals surface area contributed by atoms with Gasteiger partial charge >= 0.3 is 8.80 Å². The quantitative estimate of drug-likeness (QED) is 0.489. The van der Waals surface area contributed by atoms with Crippen LogP contribution in [0.15, 0.2) is 30.6 Å². The number of ether oxygens (including phenoxy) is 1. The maximum atomic E-state index is 10.1. The molecule has 1 unspecified atom stereocenters. The lowest BCUT2D eigenvalue weighted by Gasteiger charge is -2.24. The summed E-state index contributed by atoms with van der Waals surface area (Å²) >= 11 is 0. The number of para-hydroxylation sites is 2. The van der Waals surface area contributed by atoms with E-state index in [9.17, 15) is 5.11 Å². The van der Waals surface area contributed by atoms with E-state index >= 15 is 0 Å². The fraction of sp³-hybridized carbons (Fsp3) is 0.562. The number of aliphatic hydroxyl groups excluding tert-OH is 1. The molecule has 24 heavy (non-hydrogen) atoms. The van der Waals surface area contributed by atoms with Gasteiger partial charge in [-0.25, -0.2) is 4.98 Å². The Hall–Kier alpha value is -1.29. The molecule has 0 saturated heterocycles. The molecular formula is C16H26N2O5Si. The lowest BCUT2D eigenvalue weighted by Crippen LogP contribution is -2.42. The Bertz CT molecular complexity index is 609. The maximum Gasteiger partial charge on any atom is 0.500 e. The van der Waals surface area contributed by atoms with Crippen LogP contribution in [0.2, 0.25) is 6.04 Å². The van der Waals surface area contributed by atoms with E-state index in [0.29, 0.717) is 19.2 Å². The molecule has 7 nitrogen and oxygen atoms in total. The van der Waals surface area contributed by atoms with Gasteiger partial charge in [-0.05, 0) is 18.6 Å². The van der Waals surface area contributed by atoms with Crippen LogP contribution in [0.25, 0.3) is 11.0 Å². The van der Waals surface area contributed by atoms with Gasteiger partial charge in [0.25, 0.3) is 0 Å². The number of benzene rings is 1. The van der Waals surface area contributed by atoms with E-state index in [4.69, 9.17) is 18.0 Å². The Labute approximate surface area is 143 Å². The fourth-order valence-corrected chi connectivity index (χ4v) is 4.29. The average Bonchev–Trinajstić information content (AvgIpc) is 3.02. The summed E-state index contributed by atoms with van der Waals surface area (Å²) in [5.41, 5.74) is 1.93. The molecule has 2 rings (SSSR count). The normalized spacial score (nSPS) is 13.5. The van der Waals surface area contributed by atoms with Gasteiger partial charge in [-0.3, -0.25) is 0 Å². The standard InChI is InChI=1S/C16H26N2O5Si/c1-20-24(21-2,22-3)10-6-9-23-12-14(19)11-18-13-17-15-7-4-5-8-16(15)18/h4-5,7-8,13-14,19H,6,9-12H2,1-3H3. The minimum absolute atomic E-state index is 0.272. The summed E-state index contributed by atoms with van der Waals surface area (Å²) in [7, 11) is 2.26. The van der Waals surface area contributed by atoms with Gasteiger partial charge in [0, 0.05) is 34.0 Å². The molecule has 1 aromatic heterocycles. The van der Waals surface area contributed by atoms with Crippen molar-refractivity contribution < 1.29 is 23.1 Å². The Morgan fingerprint density at radius 3 is 2.58 bits per heavy atom. The molecule has 0 bridgehead atoms. The third kappa shape index (κ3) is 4.85. The molecule has 0 aliphatic heterocycles. The van der Waals surface area contributed by atoms with Gasteiger partial charge in [0.1, 0.15) is 0 Å². The Morgan fingerprint density at radius 2 is 1.88 bits per heavy atom. The molecule has 2 aromatic rings. The number of imidazole rings is 1. The molecule has 8 heteroatoms. The number of aliphatic hydroxyl groups is 1. The van der Waals surface area contributed by atoms with Crippen molar-refractivity contribution in [1.82, 2.24) is 9.55 Å². The van der Waals surface area contributed by atoms with Crippen molar-refractivity contribution in [3.63, 3.8) is 0 Å². The highest BCUT2D eigenvalue weighted by Gasteiger charge is 2.36. The van der Waals surface area contributed by atoms with Crippen molar-refractivity contribution >= 4 is 19.8 Å². The summed E-state index contributed by atoms with van der Waals surface area (Å²) in [6, 6.07) is 8.52. The van der Waals surface area contributed by atoms with Crippen LogP contribution >= 0.6 is 0 Å². The topological polar surface area (TPSA) is 75.0 Å². The van der Waals surface area contributed by atoms with E-state index in [2.05, 4.69) is 4.98 Å². The van der Waals surface area contributed by atoms with Gasteiger partial charge in [-0.15, -0.1) is 0 Å². The van der Waals surface area contributed by atoms with Crippen LogP contribution in [0, 0.1) is 0 Å². The van der Waals surface area contributed by atoms with Gasteiger partial charge in [0.2, 0.25) is 0 Å². The highest BCUT2D eigenvalue weighted by Crippen LogP contribution is 2.15. The maximum absolute atomic E-state index is 10.1. The van der Waals surface area contributed by atoms with Crippen molar-refractivity contribution in [2.75, 3.05) is 34.5 Å². The molecule has 0 aliphatic rings. The first kappa shape index (κ1) is 19.0. The minimum Gasteiger partial charge on any atom is -0.389 e. The van der Waals surface area contributed by atoms with E-state index in [1.54, 1.807) is 27.7 Å². The summed E-state index contributed by atoms with van der Waals surface area (Å²) in [5.74, 6) is 0. The van der Waals surface area contributed by atoms with Crippen LogP contribution in [0.4, 0.5) is 0 Å². The molecule has 1 aromatic carbocycles. The Balaban J connectivity index is 1.71. The number of hydrogen-bond donors (Lipinski definition) is 1. The van der Waals surface area contributed by atoms with Crippen LogP contribution in [-0.4, -0.2) is 64.1 Å². The molecule has 0 spiro atoms. The van der Waals surface area contributed by atoms with Gasteiger partial charge in [-0.1, -0.05) is 12.1 Å². The Kier molecular flexibility index (Phi) is 7.34. The lowest BCUT2D eigenvalue weighted by molar-refractivity contribution is 0.0271. The van der Waals surface area contributed by atoms with Crippen molar-refractivity contribution in [3.05, 3.63) is 30.6 Å². The van der Waals surface area contributed by atoms with E-state index in [1.807, 2.05) is 28.8 Å². The number of nitrogens with zero attached hydrogens (tertiary/aromatic N) is 2. The lowest BCUT2D eigenvalue weighted by atomic mass is 10.3. The molecule has 1 N–H and O–H groups in total. The molecule has 0 radical (unpaired) electrons. The predicted molar refractivity (Wildman–Crippen MR) is 92.8 cm³/mol. The fourth-order valence-electron chi connectivity index (χ4n) is 2.60. The number of aromatic nitrogens is 2. The van der Waals surface area contributed by atoms with Crippen molar-refractivity contribution in [2.45, 2.75) is 25.1 Å². The SMILES string of the molecule is CO[Si](CCCOCC(O)Cn1cnc2ccccc21)(OC)OC. The van der Waals surface area contributed by atoms with Gasteiger partial charge in [0.15, 0.2) is 0 Å². The first-order valence-electron chi connectivity index (χ1n) is 7.95. The molecule has 1 atom stereocenters. The van der Waals surface area contributed by atoms with Crippen LogP contribution in [0.1, 0.15) is 6.42 Å². The zero-order valence-corrected chi connectivity index (χ0v) is 15.5. The van der Waals surface area contributed by atoms with E-state index in [0.717, 1.165) is 17.5 Å². The Morgan fingerprint density at radius 1 is 1.17 bits per heavy atom. The van der Waals surface area contributed by atoms with E-state index < -0.39 is 14.9 Å². The third-order valence-corrected chi connectivity index (χ3v) is 6.78. The second-order valence-electron chi connectivity index (χ2n) is 5.51. The highest BCUT2D eigenvalue weighted by molar-refractivity contribution is 6.60. The van der Waals surface area contributed by atoms with Crippen LogP contribution < -0.4 is 0 Å². The summed E-state index contributed by atoms with van der Waals surface area (Å²) < 4.78 is 23.6. The molecular weight excluding hydrogens is 328 g/mol. The number of fused-ring (bicyclic) bond motifs is 1. The van der Waals surface area contributed by atoms with Crippen molar-refractivity contribution in [1.29, 1.82) is 0 Å². The zero-order chi connectivity index (χ0) is 17.4. The molecule has 0 amide bonds. The largest absolute Gasteiger partial charge is 0.500 e. The first-order valence-corrected chi connectivity index (χ1v) is 9.88. The smallest absolute Gasteiger partial charge is 0.389 e. The molecule has 0 saturated carbocycles. The molecule has 1 heterocycles. The van der Waals surface area contributed by atoms with Gasteiger partial charge in [-0.2, -0.15) is 0 Å². The number of rotatable bonds is 11.